The Morgan fingerprint density at radius 1 is 1.31 bits per heavy atom. The molecule has 1 aliphatic rings. The Morgan fingerprint density at radius 2 is 2.00 bits per heavy atom. The smallest absolute Gasteiger partial charge is 0.441 e. The second-order valence-corrected chi connectivity index (χ2v) is 8.02. The van der Waals surface area contributed by atoms with Gasteiger partial charge in [0.05, 0.1) is 16.9 Å². The summed E-state index contributed by atoms with van der Waals surface area (Å²) in [5.74, 6) is -4.74. The van der Waals surface area contributed by atoms with Gasteiger partial charge in [0.15, 0.2) is 0 Å². The molecular formula is C20H21N9O7. The summed E-state index contributed by atoms with van der Waals surface area (Å²) < 4.78 is 6.19. The van der Waals surface area contributed by atoms with Gasteiger partial charge >= 0.3 is 11.7 Å². The number of Topliss-reactive ketones (excluding diaryl/α,β-unsaturated/α-hetero) is 1. The molecule has 1 aromatic heterocycles. The van der Waals surface area contributed by atoms with E-state index in [0.717, 1.165) is 0 Å². The van der Waals surface area contributed by atoms with Crippen molar-refractivity contribution in [3.8, 4) is 0 Å². The number of non-ortho nitro benzene ring substituents is 1. The molecule has 2 aromatic rings. The number of nitro benzene ring substituents is 1. The molecule has 1 saturated heterocycles. The number of β-lactam (4-membered cyclic amide) rings is 1. The number of nitrogens with one attached hydrogen (secondary N) is 2. The molecule has 0 radical (unpaired) electrons. The number of tetrazole rings is 1. The maximum Gasteiger partial charge on any atom is 0.441 e. The SMILES string of the molecule is C[C@@H](NC(=O)Cn1cnnn1)[C@H]1C(=O)N[C@@H]1[C@@H](C)C(=O)C(=[N+]=[N-])C(=O)OCc1ccc([N+](=O)[O-])cc1. The summed E-state index contributed by atoms with van der Waals surface area (Å²) in [4.78, 5) is 62.5. The highest BCUT2D eigenvalue weighted by Crippen LogP contribution is 2.26. The molecule has 2 amide bonds. The Kier molecular flexibility index (Phi) is 7.91. The average Bonchev–Trinajstić information content (AvgIpc) is 3.33. The first-order valence-electron chi connectivity index (χ1n) is 10.6. The number of carbonyl (C=O) groups is 4. The van der Waals surface area contributed by atoms with E-state index in [1.54, 1.807) is 6.92 Å². The molecule has 3 rings (SSSR count). The summed E-state index contributed by atoms with van der Waals surface area (Å²) in [7, 11) is 0. The van der Waals surface area contributed by atoms with Crippen LogP contribution in [0.25, 0.3) is 5.53 Å². The number of nitrogens with zero attached hydrogens (tertiary/aromatic N) is 7. The van der Waals surface area contributed by atoms with Gasteiger partial charge in [0.1, 0.15) is 19.5 Å². The number of amides is 2. The van der Waals surface area contributed by atoms with Crippen LogP contribution in [-0.2, 0) is 37.1 Å². The minimum Gasteiger partial charge on any atom is -0.452 e. The molecule has 1 aromatic carbocycles. The standard InChI is InChI=1S/C20H21N9O7/c1-10(16-15(19(32)24-16)11(2)23-14(30)7-28-9-22-26-27-28)18(31)17(25-21)20(33)36-8-12-3-5-13(6-4-12)29(34)35/h3-6,9-11,15-16H,7-8H2,1-2H3,(H,23,30)(H,24,32)/t10-,11-,15-,16-/m1/s1. The quantitative estimate of drug-likeness (QED) is 0.0550. The highest BCUT2D eigenvalue weighted by atomic mass is 16.6. The normalized spacial score (nSPS) is 18.0. The highest BCUT2D eigenvalue weighted by molar-refractivity contribution is 6.62. The van der Waals surface area contributed by atoms with Crippen LogP contribution in [0, 0.1) is 22.0 Å². The van der Waals surface area contributed by atoms with Gasteiger partial charge in [-0.05, 0) is 35.0 Å². The van der Waals surface area contributed by atoms with Gasteiger partial charge in [-0.15, -0.1) is 5.10 Å². The molecule has 0 aliphatic carbocycles. The van der Waals surface area contributed by atoms with Crippen LogP contribution in [0.2, 0.25) is 0 Å². The maximum atomic E-state index is 12.9. The van der Waals surface area contributed by atoms with Crippen LogP contribution in [0.5, 0.6) is 0 Å². The zero-order valence-electron chi connectivity index (χ0n) is 19.1. The van der Waals surface area contributed by atoms with Crippen molar-refractivity contribution >= 4 is 35.0 Å². The van der Waals surface area contributed by atoms with E-state index in [-0.39, 0.29) is 18.8 Å². The van der Waals surface area contributed by atoms with Gasteiger partial charge in [0, 0.05) is 24.1 Å². The number of nitro groups is 1. The minimum absolute atomic E-state index is 0.149. The largest absolute Gasteiger partial charge is 0.452 e. The number of ether oxygens (including phenoxy) is 1. The zero-order valence-corrected chi connectivity index (χ0v) is 19.1. The number of esters is 1. The second kappa shape index (κ2) is 11.1. The molecule has 0 bridgehead atoms. The summed E-state index contributed by atoms with van der Waals surface area (Å²) in [5, 5.41) is 26.4. The van der Waals surface area contributed by atoms with Crippen molar-refractivity contribution < 1.29 is 33.6 Å². The molecule has 0 unspecified atom stereocenters. The van der Waals surface area contributed by atoms with Crippen molar-refractivity contribution in [3.63, 3.8) is 0 Å². The zero-order chi connectivity index (χ0) is 26.4. The third-order valence-electron chi connectivity index (χ3n) is 5.62. The maximum absolute atomic E-state index is 12.9. The Morgan fingerprint density at radius 3 is 2.56 bits per heavy atom. The van der Waals surface area contributed by atoms with Gasteiger partial charge < -0.3 is 20.9 Å². The number of aromatic nitrogens is 4. The summed E-state index contributed by atoms with van der Waals surface area (Å²) in [6.45, 7) is 2.52. The van der Waals surface area contributed by atoms with E-state index >= 15 is 0 Å². The molecule has 4 atom stereocenters. The fourth-order valence-corrected chi connectivity index (χ4v) is 3.68. The molecule has 16 nitrogen and oxygen atoms in total. The number of hydrogen-bond donors (Lipinski definition) is 2. The minimum atomic E-state index is -1.21. The van der Waals surface area contributed by atoms with Crippen LogP contribution in [-0.4, -0.2) is 71.3 Å². The van der Waals surface area contributed by atoms with Crippen molar-refractivity contribution in [3.05, 3.63) is 51.8 Å². The molecule has 2 N–H and O–H groups in total. The Hall–Kier alpha value is -4.85. The van der Waals surface area contributed by atoms with Crippen LogP contribution in [0.15, 0.2) is 30.6 Å². The molecule has 36 heavy (non-hydrogen) atoms. The third kappa shape index (κ3) is 5.79. The van der Waals surface area contributed by atoms with Gasteiger partial charge in [-0.3, -0.25) is 24.5 Å². The molecule has 1 aliphatic heterocycles. The lowest BCUT2D eigenvalue weighted by Crippen LogP contribution is -2.68. The first-order valence-corrected chi connectivity index (χ1v) is 10.6. The average molecular weight is 499 g/mol. The predicted molar refractivity (Wildman–Crippen MR) is 117 cm³/mol. The van der Waals surface area contributed by atoms with Crippen LogP contribution < -0.4 is 10.6 Å². The van der Waals surface area contributed by atoms with Crippen molar-refractivity contribution in [2.75, 3.05) is 0 Å². The monoisotopic (exact) mass is 499 g/mol. The van der Waals surface area contributed by atoms with E-state index in [9.17, 15) is 34.8 Å². The number of benzene rings is 1. The summed E-state index contributed by atoms with van der Waals surface area (Å²) in [6.07, 6.45) is 1.25. The molecule has 1 fully saturated rings. The molecule has 0 spiro atoms. The van der Waals surface area contributed by atoms with Crippen LogP contribution in [0.1, 0.15) is 19.4 Å². The van der Waals surface area contributed by atoms with Crippen LogP contribution >= 0.6 is 0 Å². The number of carbonyl (C=O) groups excluding carboxylic acids is 4. The van der Waals surface area contributed by atoms with Gasteiger partial charge in [0.2, 0.25) is 11.8 Å². The number of rotatable bonds is 11. The van der Waals surface area contributed by atoms with Crippen molar-refractivity contribution in [2.45, 2.75) is 39.1 Å². The summed E-state index contributed by atoms with van der Waals surface area (Å²) in [5.41, 5.74) is 8.66. The molecule has 16 heteroatoms. The van der Waals surface area contributed by atoms with E-state index in [4.69, 9.17) is 4.74 Å². The topological polar surface area (TPSA) is 225 Å². The van der Waals surface area contributed by atoms with Gasteiger partial charge in [0.25, 0.3) is 11.5 Å². The molecule has 0 saturated carbocycles. The molecule has 188 valence electrons. The van der Waals surface area contributed by atoms with Crippen LogP contribution in [0.4, 0.5) is 5.69 Å². The van der Waals surface area contributed by atoms with E-state index < -0.39 is 58.1 Å². The van der Waals surface area contributed by atoms with E-state index in [1.807, 2.05) is 0 Å². The van der Waals surface area contributed by atoms with E-state index in [0.29, 0.717) is 5.56 Å². The second-order valence-electron chi connectivity index (χ2n) is 8.02. The third-order valence-corrected chi connectivity index (χ3v) is 5.62. The van der Waals surface area contributed by atoms with Crippen molar-refractivity contribution in [2.24, 2.45) is 11.8 Å². The summed E-state index contributed by atoms with van der Waals surface area (Å²) >= 11 is 0. The van der Waals surface area contributed by atoms with Gasteiger partial charge in [-0.25, -0.2) is 9.48 Å². The highest BCUT2D eigenvalue weighted by Gasteiger charge is 2.50. The number of hydrogen-bond acceptors (Lipinski definition) is 10. The van der Waals surface area contributed by atoms with Gasteiger partial charge in [-0.2, -0.15) is 4.79 Å². The Labute approximate surface area is 202 Å². The van der Waals surface area contributed by atoms with Crippen molar-refractivity contribution in [1.29, 1.82) is 0 Å². The Bertz CT molecular complexity index is 1220. The van der Waals surface area contributed by atoms with E-state index in [1.165, 1.54) is 42.2 Å². The Balaban J connectivity index is 1.58. The lowest BCUT2D eigenvalue weighted by atomic mass is 9.75. The van der Waals surface area contributed by atoms with Gasteiger partial charge in [-0.1, -0.05) is 6.92 Å². The predicted octanol–water partition coefficient (Wildman–Crippen LogP) is -1.18. The molecular weight excluding hydrogens is 478 g/mol. The van der Waals surface area contributed by atoms with E-state index in [2.05, 4.69) is 30.9 Å². The van der Waals surface area contributed by atoms with Crippen LogP contribution in [0.3, 0.4) is 0 Å². The summed E-state index contributed by atoms with van der Waals surface area (Å²) in [6, 6.07) is 3.75. The first-order chi connectivity index (χ1) is 17.1. The fourth-order valence-electron chi connectivity index (χ4n) is 3.68. The number of ketones is 1. The van der Waals surface area contributed by atoms with Crippen molar-refractivity contribution in [1.82, 2.24) is 30.8 Å². The lowest BCUT2D eigenvalue weighted by molar-refractivity contribution is -0.384. The molecule has 2 heterocycles. The first kappa shape index (κ1) is 25.8. The lowest BCUT2D eigenvalue weighted by Gasteiger charge is -2.42. The fraction of sp³-hybridized carbons (Fsp3) is 0.400.